The predicted octanol–water partition coefficient (Wildman–Crippen LogP) is 2.66. The highest BCUT2D eigenvalue weighted by Crippen LogP contribution is 2.30. The quantitative estimate of drug-likeness (QED) is 0.616. The summed E-state index contributed by atoms with van der Waals surface area (Å²) in [6.07, 6.45) is 2.95. The van der Waals surface area contributed by atoms with E-state index in [1.807, 2.05) is 18.2 Å². The highest BCUT2D eigenvalue weighted by molar-refractivity contribution is 7.98. The normalized spacial score (nSPS) is 12.2. The van der Waals surface area contributed by atoms with Crippen LogP contribution in [0.2, 0.25) is 0 Å². The van der Waals surface area contributed by atoms with Gasteiger partial charge in [-0.05, 0) is 24.3 Å². The molecule has 0 aliphatic heterocycles. The van der Waals surface area contributed by atoms with Crippen LogP contribution < -0.4 is 4.90 Å². The van der Waals surface area contributed by atoms with Crippen molar-refractivity contribution in [3.8, 4) is 0 Å². The summed E-state index contributed by atoms with van der Waals surface area (Å²) in [5.41, 5.74) is 1.21. The van der Waals surface area contributed by atoms with Gasteiger partial charge in [0, 0.05) is 24.9 Å². The van der Waals surface area contributed by atoms with Crippen LogP contribution in [-0.2, 0) is 6.61 Å². The lowest BCUT2D eigenvalue weighted by atomic mass is 10.1. The van der Waals surface area contributed by atoms with Crippen molar-refractivity contribution in [1.82, 2.24) is 0 Å². The number of aliphatic hydroxyl groups excluding tert-OH is 1. The van der Waals surface area contributed by atoms with Crippen LogP contribution in [0, 0.1) is 10.1 Å². The Labute approximate surface area is 117 Å². The molecule has 5 nitrogen and oxygen atoms in total. The van der Waals surface area contributed by atoms with E-state index in [0.717, 1.165) is 12.2 Å². The molecule has 0 aliphatic rings. The fourth-order valence-electron chi connectivity index (χ4n) is 2.00. The molecule has 0 amide bonds. The number of rotatable bonds is 7. The van der Waals surface area contributed by atoms with Crippen molar-refractivity contribution in [1.29, 1.82) is 0 Å². The summed E-state index contributed by atoms with van der Waals surface area (Å²) >= 11 is 1.73. The molecule has 1 unspecified atom stereocenters. The van der Waals surface area contributed by atoms with Crippen LogP contribution in [0.4, 0.5) is 11.4 Å². The maximum atomic E-state index is 11.2. The number of benzene rings is 1. The number of aliphatic hydroxyl groups is 1. The number of hydrogen-bond acceptors (Lipinski definition) is 5. The SMILES string of the molecule is CCC(CSC)N(C)c1ccc(CO)cc1[N+](=O)[O-]. The summed E-state index contributed by atoms with van der Waals surface area (Å²) in [6.45, 7) is 1.89. The Morgan fingerprint density at radius 2 is 2.21 bits per heavy atom. The summed E-state index contributed by atoms with van der Waals surface area (Å²) in [7, 11) is 1.88. The maximum absolute atomic E-state index is 11.2. The van der Waals surface area contributed by atoms with Crippen molar-refractivity contribution in [2.45, 2.75) is 26.0 Å². The Balaban J connectivity index is 3.13. The minimum atomic E-state index is -0.392. The molecule has 19 heavy (non-hydrogen) atoms. The molecule has 6 heteroatoms. The highest BCUT2D eigenvalue weighted by atomic mass is 32.2. The zero-order chi connectivity index (χ0) is 14.4. The number of hydrogen-bond donors (Lipinski definition) is 1. The van der Waals surface area contributed by atoms with E-state index in [-0.39, 0.29) is 18.3 Å². The van der Waals surface area contributed by atoms with Gasteiger partial charge in [0.05, 0.1) is 11.5 Å². The van der Waals surface area contributed by atoms with Crippen LogP contribution in [-0.4, -0.2) is 35.1 Å². The van der Waals surface area contributed by atoms with Gasteiger partial charge in [-0.3, -0.25) is 10.1 Å². The van der Waals surface area contributed by atoms with E-state index in [1.165, 1.54) is 6.07 Å². The second kappa shape index (κ2) is 7.35. The monoisotopic (exact) mass is 284 g/mol. The molecule has 0 spiro atoms. The van der Waals surface area contributed by atoms with E-state index in [1.54, 1.807) is 23.9 Å². The van der Waals surface area contributed by atoms with E-state index in [2.05, 4.69) is 6.92 Å². The lowest BCUT2D eigenvalue weighted by Crippen LogP contribution is -2.33. The third kappa shape index (κ3) is 3.84. The van der Waals surface area contributed by atoms with E-state index in [4.69, 9.17) is 5.11 Å². The molecule has 0 saturated carbocycles. The molecule has 0 aromatic heterocycles. The first-order valence-electron chi connectivity index (χ1n) is 6.15. The lowest BCUT2D eigenvalue weighted by Gasteiger charge is -2.28. The largest absolute Gasteiger partial charge is 0.392 e. The Kier molecular flexibility index (Phi) is 6.11. The number of thioether (sulfide) groups is 1. The average Bonchev–Trinajstić information content (AvgIpc) is 2.43. The first-order valence-corrected chi connectivity index (χ1v) is 7.54. The Bertz CT molecular complexity index is 440. The fraction of sp³-hybridized carbons (Fsp3) is 0.538. The van der Waals surface area contributed by atoms with Crippen LogP contribution in [0.1, 0.15) is 18.9 Å². The number of nitro groups is 1. The van der Waals surface area contributed by atoms with Gasteiger partial charge in [-0.25, -0.2) is 0 Å². The number of nitrogens with zero attached hydrogens (tertiary/aromatic N) is 2. The molecular formula is C13H20N2O3S. The Hall–Kier alpha value is -1.27. The molecule has 0 fully saturated rings. The standard InChI is InChI=1S/C13H20N2O3S/c1-4-11(9-19-3)14(2)12-6-5-10(8-16)7-13(12)15(17)18/h5-7,11,16H,4,8-9H2,1-3H3. The molecule has 0 saturated heterocycles. The minimum Gasteiger partial charge on any atom is -0.392 e. The van der Waals surface area contributed by atoms with Crippen LogP contribution in [0.5, 0.6) is 0 Å². The molecule has 0 heterocycles. The summed E-state index contributed by atoms with van der Waals surface area (Å²) in [4.78, 5) is 12.7. The Morgan fingerprint density at radius 3 is 2.68 bits per heavy atom. The predicted molar refractivity (Wildman–Crippen MR) is 79.9 cm³/mol. The first-order chi connectivity index (χ1) is 9.04. The van der Waals surface area contributed by atoms with Crippen molar-refractivity contribution < 1.29 is 10.0 Å². The summed E-state index contributed by atoms with van der Waals surface area (Å²) < 4.78 is 0. The van der Waals surface area contributed by atoms with Crippen molar-refractivity contribution in [3.63, 3.8) is 0 Å². The lowest BCUT2D eigenvalue weighted by molar-refractivity contribution is -0.384. The van der Waals surface area contributed by atoms with Crippen LogP contribution >= 0.6 is 11.8 Å². The molecule has 0 radical (unpaired) electrons. The maximum Gasteiger partial charge on any atom is 0.292 e. The molecule has 1 aromatic carbocycles. The summed E-state index contributed by atoms with van der Waals surface area (Å²) in [6, 6.07) is 5.14. The van der Waals surface area contributed by atoms with E-state index in [0.29, 0.717) is 11.3 Å². The van der Waals surface area contributed by atoms with E-state index < -0.39 is 4.92 Å². The second-order valence-electron chi connectivity index (χ2n) is 4.37. The van der Waals surface area contributed by atoms with E-state index in [9.17, 15) is 10.1 Å². The molecule has 0 aliphatic carbocycles. The third-order valence-corrected chi connectivity index (χ3v) is 3.90. The third-order valence-electron chi connectivity index (χ3n) is 3.18. The van der Waals surface area contributed by atoms with Gasteiger partial charge in [0.2, 0.25) is 0 Å². The van der Waals surface area contributed by atoms with Crippen molar-refractivity contribution in [2.75, 3.05) is 24.0 Å². The zero-order valence-electron chi connectivity index (χ0n) is 11.5. The van der Waals surface area contributed by atoms with Crippen molar-refractivity contribution in [2.24, 2.45) is 0 Å². The van der Waals surface area contributed by atoms with Gasteiger partial charge in [-0.1, -0.05) is 13.0 Å². The summed E-state index contributed by atoms with van der Waals surface area (Å²) in [5.74, 6) is 0.923. The topological polar surface area (TPSA) is 66.6 Å². The fourth-order valence-corrected chi connectivity index (χ4v) is 2.85. The van der Waals surface area contributed by atoms with Crippen LogP contribution in [0.15, 0.2) is 18.2 Å². The van der Waals surface area contributed by atoms with Crippen molar-refractivity contribution >= 4 is 23.1 Å². The molecule has 1 N–H and O–H groups in total. The molecular weight excluding hydrogens is 264 g/mol. The summed E-state index contributed by atoms with van der Waals surface area (Å²) in [5, 5.41) is 20.2. The number of anilines is 1. The van der Waals surface area contributed by atoms with Gasteiger partial charge in [0.25, 0.3) is 5.69 Å². The van der Waals surface area contributed by atoms with E-state index >= 15 is 0 Å². The number of nitro benzene ring substituents is 1. The highest BCUT2D eigenvalue weighted by Gasteiger charge is 2.22. The van der Waals surface area contributed by atoms with Crippen molar-refractivity contribution in [3.05, 3.63) is 33.9 Å². The van der Waals surface area contributed by atoms with Gasteiger partial charge in [0.15, 0.2) is 0 Å². The average molecular weight is 284 g/mol. The first kappa shape index (κ1) is 15.8. The molecule has 1 aromatic rings. The molecule has 0 bridgehead atoms. The smallest absolute Gasteiger partial charge is 0.292 e. The zero-order valence-corrected chi connectivity index (χ0v) is 12.3. The van der Waals surface area contributed by atoms with Gasteiger partial charge in [-0.15, -0.1) is 0 Å². The second-order valence-corrected chi connectivity index (χ2v) is 5.28. The van der Waals surface area contributed by atoms with Gasteiger partial charge in [0.1, 0.15) is 5.69 Å². The van der Waals surface area contributed by atoms with Crippen LogP contribution in [0.3, 0.4) is 0 Å². The van der Waals surface area contributed by atoms with Crippen LogP contribution in [0.25, 0.3) is 0 Å². The van der Waals surface area contributed by atoms with Gasteiger partial charge >= 0.3 is 0 Å². The molecule has 106 valence electrons. The Morgan fingerprint density at radius 1 is 1.53 bits per heavy atom. The van der Waals surface area contributed by atoms with Gasteiger partial charge < -0.3 is 10.0 Å². The molecule has 1 rings (SSSR count). The van der Waals surface area contributed by atoms with Gasteiger partial charge in [-0.2, -0.15) is 11.8 Å². The molecule has 1 atom stereocenters. The minimum absolute atomic E-state index is 0.0496.